The van der Waals surface area contributed by atoms with Crippen LogP contribution in [0.15, 0.2) is 35.9 Å². The van der Waals surface area contributed by atoms with Gasteiger partial charge < -0.3 is 15.2 Å². The van der Waals surface area contributed by atoms with Gasteiger partial charge in [0.2, 0.25) is 0 Å². The number of hydrazine groups is 1. The first-order valence-electron chi connectivity index (χ1n) is 10.2. The first kappa shape index (κ1) is 20.2. The molecular weight excluding hydrogens is 384 g/mol. The van der Waals surface area contributed by atoms with Gasteiger partial charge in [-0.05, 0) is 45.0 Å². The van der Waals surface area contributed by atoms with E-state index in [-0.39, 0.29) is 12.3 Å². The summed E-state index contributed by atoms with van der Waals surface area (Å²) in [6.07, 6.45) is 4.34. The maximum absolute atomic E-state index is 12.5. The van der Waals surface area contributed by atoms with Crippen LogP contribution in [0.5, 0.6) is 5.75 Å². The van der Waals surface area contributed by atoms with E-state index in [1.807, 2.05) is 22.8 Å². The lowest BCUT2D eigenvalue weighted by Gasteiger charge is -2.25. The summed E-state index contributed by atoms with van der Waals surface area (Å²) in [5, 5.41) is 1.60. The fourth-order valence-electron chi connectivity index (χ4n) is 4.08. The number of benzene rings is 1. The Labute approximate surface area is 175 Å². The van der Waals surface area contributed by atoms with E-state index in [4.69, 9.17) is 21.1 Å². The molecule has 0 radical (unpaired) electrons. The molecule has 4 rings (SSSR count). The third kappa shape index (κ3) is 3.61. The zero-order valence-electron chi connectivity index (χ0n) is 17.4. The van der Waals surface area contributed by atoms with Crippen LogP contribution in [0.3, 0.4) is 0 Å². The predicted octanol–water partition coefficient (Wildman–Crippen LogP) is 1.56. The first-order chi connectivity index (χ1) is 14.5. The molecule has 0 bridgehead atoms. The third-order valence-corrected chi connectivity index (χ3v) is 5.63. The van der Waals surface area contributed by atoms with Crippen molar-refractivity contribution in [3.63, 3.8) is 0 Å². The monoisotopic (exact) mass is 412 g/mol. The van der Waals surface area contributed by atoms with Gasteiger partial charge in [-0.15, -0.1) is 0 Å². The molecule has 160 valence electrons. The van der Waals surface area contributed by atoms with Crippen molar-refractivity contribution in [2.45, 2.75) is 26.2 Å². The van der Waals surface area contributed by atoms with E-state index < -0.39 is 5.97 Å². The number of carbonyl (C=O) groups is 1. The summed E-state index contributed by atoms with van der Waals surface area (Å²) in [5.41, 5.74) is 10.5. The lowest BCUT2D eigenvalue weighted by molar-refractivity contribution is 0.0519. The number of allylic oxidation sites excluding steroid dienone is 1. The number of anilines is 1. The van der Waals surface area contributed by atoms with Crippen LogP contribution >= 0.6 is 0 Å². The van der Waals surface area contributed by atoms with Crippen LogP contribution in [0.25, 0.3) is 5.69 Å². The van der Waals surface area contributed by atoms with Gasteiger partial charge in [0.1, 0.15) is 12.1 Å². The van der Waals surface area contributed by atoms with Crippen molar-refractivity contribution in [2.24, 2.45) is 11.6 Å². The molecule has 3 heterocycles. The minimum Gasteiger partial charge on any atom is -0.497 e. The summed E-state index contributed by atoms with van der Waals surface area (Å²) in [5.74, 6) is 6.81. The van der Waals surface area contributed by atoms with Gasteiger partial charge in [-0.2, -0.15) is 0 Å². The van der Waals surface area contributed by atoms with Gasteiger partial charge in [-0.1, -0.05) is 0 Å². The number of ether oxygens (including phenoxy) is 2. The Hall–Kier alpha value is -3.04. The van der Waals surface area contributed by atoms with E-state index in [1.165, 1.54) is 12.8 Å². The van der Waals surface area contributed by atoms with E-state index in [1.54, 1.807) is 25.4 Å². The molecule has 0 spiro atoms. The second-order valence-corrected chi connectivity index (χ2v) is 7.49. The van der Waals surface area contributed by atoms with Crippen LogP contribution in [0.1, 0.15) is 35.9 Å². The molecule has 0 unspecified atom stereocenters. The maximum Gasteiger partial charge on any atom is 0.358 e. The fraction of sp³-hybridized carbons (Fsp3) is 0.429. The average Bonchev–Trinajstić information content (AvgIpc) is 3.38. The summed E-state index contributed by atoms with van der Waals surface area (Å²) in [4.78, 5) is 19.2. The molecule has 1 saturated heterocycles. The highest BCUT2D eigenvalue weighted by Gasteiger charge is 2.29. The summed E-state index contributed by atoms with van der Waals surface area (Å²) < 4.78 is 12.5. The van der Waals surface area contributed by atoms with Crippen molar-refractivity contribution in [3.05, 3.63) is 47.3 Å². The predicted molar refractivity (Wildman–Crippen MR) is 113 cm³/mol. The quantitative estimate of drug-likeness (QED) is 0.562. The number of hydrogen-bond donors (Lipinski definition) is 2. The van der Waals surface area contributed by atoms with E-state index in [0.29, 0.717) is 30.1 Å². The van der Waals surface area contributed by atoms with Crippen LogP contribution < -0.4 is 21.3 Å². The average molecular weight is 412 g/mol. The smallest absolute Gasteiger partial charge is 0.358 e. The number of hydrogen-bond acceptors (Lipinski definition) is 8. The Morgan fingerprint density at radius 1 is 1.23 bits per heavy atom. The highest BCUT2D eigenvalue weighted by atomic mass is 16.5. The number of fused-ring (bicyclic) bond motifs is 3. The first-order valence-corrected chi connectivity index (χ1v) is 10.2. The van der Waals surface area contributed by atoms with Crippen LogP contribution in [0.4, 0.5) is 5.69 Å². The molecule has 0 saturated carbocycles. The van der Waals surface area contributed by atoms with E-state index in [2.05, 4.69) is 9.88 Å². The molecule has 0 aliphatic carbocycles. The second kappa shape index (κ2) is 8.37. The minimum absolute atomic E-state index is 0.278. The van der Waals surface area contributed by atoms with Crippen LogP contribution in [-0.4, -0.2) is 53.8 Å². The van der Waals surface area contributed by atoms with Crippen LogP contribution in [-0.2, 0) is 11.2 Å². The molecule has 4 N–H and O–H groups in total. The summed E-state index contributed by atoms with van der Waals surface area (Å²) in [6, 6.07) is 5.61. The number of nitrogens with zero attached hydrogens (tertiary/aromatic N) is 4. The Bertz CT molecular complexity index is 977. The fourth-order valence-corrected chi connectivity index (χ4v) is 4.08. The molecule has 9 nitrogen and oxygen atoms in total. The van der Waals surface area contributed by atoms with Crippen molar-refractivity contribution in [3.8, 4) is 11.4 Å². The standard InChI is InChI=1S/C21H28N6O3/c1-3-30-21(28)20-19-11-17(15(22)12-25-8-4-5-9-25)27(23)18-10-14(29-2)6-7-16(18)26(19)13-24-20/h6-7,10,13H,3-5,8-9,11-12,22-23H2,1-2H3/b17-15-. The number of imidazole rings is 1. The molecule has 2 aliphatic heterocycles. The molecule has 0 amide bonds. The van der Waals surface area contributed by atoms with Crippen molar-refractivity contribution < 1.29 is 14.3 Å². The number of rotatable bonds is 5. The molecule has 1 aromatic carbocycles. The maximum atomic E-state index is 12.5. The van der Waals surface area contributed by atoms with Crippen LogP contribution in [0.2, 0.25) is 0 Å². The summed E-state index contributed by atoms with van der Waals surface area (Å²) >= 11 is 0. The molecule has 2 aliphatic rings. The van der Waals surface area contributed by atoms with Crippen molar-refractivity contribution in [1.82, 2.24) is 14.5 Å². The Morgan fingerprint density at radius 2 is 2.00 bits per heavy atom. The zero-order valence-corrected chi connectivity index (χ0v) is 17.4. The van der Waals surface area contributed by atoms with Crippen molar-refractivity contribution >= 4 is 11.7 Å². The summed E-state index contributed by atoms with van der Waals surface area (Å²) in [7, 11) is 1.61. The number of aromatic nitrogens is 2. The minimum atomic E-state index is -0.454. The number of likely N-dealkylation sites (tertiary alicyclic amines) is 1. The lowest BCUT2D eigenvalue weighted by Crippen LogP contribution is -2.36. The molecule has 1 aromatic heterocycles. The van der Waals surface area contributed by atoms with Crippen LogP contribution in [0, 0.1) is 0 Å². The highest BCUT2D eigenvalue weighted by Crippen LogP contribution is 2.36. The number of esters is 1. The van der Waals surface area contributed by atoms with Gasteiger partial charge in [0.25, 0.3) is 0 Å². The molecule has 2 aromatic rings. The van der Waals surface area contributed by atoms with E-state index in [0.717, 1.165) is 30.2 Å². The van der Waals surface area contributed by atoms with E-state index >= 15 is 0 Å². The van der Waals surface area contributed by atoms with Gasteiger partial charge in [-0.3, -0.25) is 14.5 Å². The Balaban J connectivity index is 1.85. The summed E-state index contributed by atoms with van der Waals surface area (Å²) in [6.45, 7) is 4.73. The van der Waals surface area contributed by atoms with Gasteiger partial charge in [0.15, 0.2) is 5.69 Å². The van der Waals surface area contributed by atoms with Crippen molar-refractivity contribution in [2.75, 3.05) is 38.4 Å². The van der Waals surface area contributed by atoms with E-state index in [9.17, 15) is 4.79 Å². The Kier molecular flexibility index (Phi) is 5.65. The van der Waals surface area contributed by atoms with Gasteiger partial charge in [-0.25, -0.2) is 15.6 Å². The third-order valence-electron chi connectivity index (χ3n) is 5.63. The highest BCUT2D eigenvalue weighted by molar-refractivity contribution is 5.89. The number of carbonyl (C=O) groups excluding carboxylic acids is 1. The number of methoxy groups -OCH3 is 1. The second-order valence-electron chi connectivity index (χ2n) is 7.49. The van der Waals surface area contributed by atoms with Gasteiger partial charge in [0, 0.05) is 24.7 Å². The molecule has 30 heavy (non-hydrogen) atoms. The van der Waals surface area contributed by atoms with Gasteiger partial charge >= 0.3 is 5.97 Å². The molecule has 0 atom stereocenters. The zero-order chi connectivity index (χ0) is 21.3. The van der Waals surface area contributed by atoms with Crippen molar-refractivity contribution in [1.29, 1.82) is 0 Å². The topological polar surface area (TPSA) is 112 Å². The molecule has 9 heteroatoms. The number of nitrogens with two attached hydrogens (primary N) is 2. The SMILES string of the molecule is CCOC(=O)c1ncn2c1C/C(=C(/N)CN1CCCC1)N(N)c1cc(OC)ccc1-2. The molecule has 1 fully saturated rings. The largest absolute Gasteiger partial charge is 0.497 e. The van der Waals surface area contributed by atoms with Gasteiger partial charge in [0.05, 0.1) is 36.5 Å². The lowest BCUT2D eigenvalue weighted by atomic mass is 10.1. The normalized spacial score (nSPS) is 17.9. The molecular formula is C21H28N6O3. The Morgan fingerprint density at radius 3 is 2.70 bits per heavy atom.